The van der Waals surface area contributed by atoms with Crippen molar-refractivity contribution >= 4 is 38.6 Å². The molecule has 30 heavy (non-hydrogen) atoms. The molecule has 0 saturated heterocycles. The van der Waals surface area contributed by atoms with Gasteiger partial charge in [-0.15, -0.1) is 0 Å². The number of hydrogen-bond acceptors (Lipinski definition) is 6. The summed E-state index contributed by atoms with van der Waals surface area (Å²) in [6, 6.07) is 10.6. The van der Waals surface area contributed by atoms with E-state index >= 15 is 0 Å². The van der Waals surface area contributed by atoms with Crippen molar-refractivity contribution in [2.75, 3.05) is 11.9 Å². The summed E-state index contributed by atoms with van der Waals surface area (Å²) in [5.74, 6) is -0.527. The molecule has 3 aromatic heterocycles. The Balaban J connectivity index is 1.89. The number of pyridine rings is 2. The smallest absolute Gasteiger partial charge is 0.321 e. The molecule has 150 valence electrons. The monoisotopic (exact) mass is 418 g/mol. The average molecular weight is 418 g/mol. The van der Waals surface area contributed by atoms with E-state index in [4.69, 9.17) is 5.73 Å². The van der Waals surface area contributed by atoms with E-state index in [9.17, 15) is 9.59 Å². The van der Waals surface area contributed by atoms with Crippen LogP contribution in [0.25, 0.3) is 32.6 Å². The lowest BCUT2D eigenvalue weighted by molar-refractivity contribution is 0.1000. The predicted molar refractivity (Wildman–Crippen MR) is 117 cm³/mol. The second-order valence-electron chi connectivity index (χ2n) is 6.41. The van der Waals surface area contributed by atoms with Crippen LogP contribution in [0.2, 0.25) is 0 Å². The van der Waals surface area contributed by atoms with Crippen LogP contribution >= 0.6 is 11.3 Å². The molecule has 0 unspecified atom stereocenters. The molecule has 4 N–H and O–H groups in total. The SMILES string of the molecule is CCNC(=O)Nc1nc2cc(-c3cccnc3)cc(-c3cc(C(N)=O)ccn3)c2s1. The van der Waals surface area contributed by atoms with Gasteiger partial charge in [-0.05, 0) is 42.8 Å². The number of nitrogens with zero attached hydrogens (tertiary/aromatic N) is 3. The van der Waals surface area contributed by atoms with Gasteiger partial charge in [0.1, 0.15) is 0 Å². The molecule has 0 spiro atoms. The maximum absolute atomic E-state index is 11.9. The summed E-state index contributed by atoms with van der Waals surface area (Å²) in [7, 11) is 0. The summed E-state index contributed by atoms with van der Waals surface area (Å²) in [4.78, 5) is 36.8. The van der Waals surface area contributed by atoms with Crippen LogP contribution in [0.3, 0.4) is 0 Å². The van der Waals surface area contributed by atoms with Crippen LogP contribution in [-0.4, -0.2) is 33.4 Å². The molecule has 4 rings (SSSR count). The van der Waals surface area contributed by atoms with Crippen LogP contribution in [-0.2, 0) is 0 Å². The number of nitrogens with one attached hydrogen (secondary N) is 2. The predicted octanol–water partition coefficient (Wildman–Crippen LogP) is 3.66. The van der Waals surface area contributed by atoms with Crippen molar-refractivity contribution in [3.63, 3.8) is 0 Å². The van der Waals surface area contributed by atoms with E-state index in [0.29, 0.717) is 28.5 Å². The van der Waals surface area contributed by atoms with Crippen molar-refractivity contribution in [3.05, 3.63) is 60.6 Å². The fourth-order valence-electron chi connectivity index (χ4n) is 3.01. The van der Waals surface area contributed by atoms with Crippen molar-refractivity contribution in [2.24, 2.45) is 5.73 Å². The first-order valence-electron chi connectivity index (χ1n) is 9.21. The molecule has 0 aliphatic heterocycles. The standard InChI is InChI=1S/C21H18N6O2S/c1-2-24-20(29)27-21-26-17-10-14(13-4-3-6-23-11-13)8-15(18(17)30-21)16-9-12(19(22)28)5-7-25-16/h3-11H,2H2,1H3,(H2,22,28)(H2,24,26,27,29). The highest BCUT2D eigenvalue weighted by Crippen LogP contribution is 2.38. The van der Waals surface area contributed by atoms with Gasteiger partial charge in [-0.2, -0.15) is 0 Å². The largest absolute Gasteiger partial charge is 0.366 e. The number of thiazole rings is 1. The number of carbonyl (C=O) groups is 2. The third kappa shape index (κ3) is 3.96. The maximum atomic E-state index is 11.9. The molecule has 0 aliphatic rings. The molecule has 3 amide bonds. The van der Waals surface area contributed by atoms with Gasteiger partial charge in [0.15, 0.2) is 5.13 Å². The number of rotatable bonds is 5. The third-order valence-corrected chi connectivity index (χ3v) is 5.38. The number of carbonyl (C=O) groups excluding carboxylic acids is 2. The summed E-state index contributed by atoms with van der Waals surface area (Å²) >= 11 is 1.34. The van der Waals surface area contributed by atoms with Crippen LogP contribution in [0.15, 0.2) is 55.0 Å². The Hall–Kier alpha value is -3.85. The molecule has 0 radical (unpaired) electrons. The zero-order valence-electron chi connectivity index (χ0n) is 16.0. The Morgan fingerprint density at radius 3 is 2.73 bits per heavy atom. The number of benzene rings is 1. The minimum Gasteiger partial charge on any atom is -0.366 e. The van der Waals surface area contributed by atoms with Gasteiger partial charge >= 0.3 is 6.03 Å². The minimum atomic E-state index is -0.527. The lowest BCUT2D eigenvalue weighted by Gasteiger charge is -2.08. The summed E-state index contributed by atoms with van der Waals surface area (Å²) in [5, 5.41) is 5.90. The number of hydrogen-bond donors (Lipinski definition) is 3. The van der Waals surface area contributed by atoms with E-state index in [2.05, 4.69) is 25.6 Å². The van der Waals surface area contributed by atoms with Gasteiger partial charge in [-0.25, -0.2) is 9.78 Å². The number of anilines is 1. The Bertz CT molecular complexity index is 1240. The zero-order chi connectivity index (χ0) is 21.1. The van der Waals surface area contributed by atoms with Crippen molar-refractivity contribution in [1.82, 2.24) is 20.3 Å². The number of nitrogens with two attached hydrogens (primary N) is 1. The molecule has 0 saturated carbocycles. The lowest BCUT2D eigenvalue weighted by atomic mass is 10.0. The van der Waals surface area contributed by atoms with Crippen LogP contribution in [0.5, 0.6) is 0 Å². The number of amides is 3. The van der Waals surface area contributed by atoms with Crippen LogP contribution in [0.1, 0.15) is 17.3 Å². The van der Waals surface area contributed by atoms with Gasteiger partial charge in [0.05, 0.1) is 15.9 Å². The van der Waals surface area contributed by atoms with E-state index < -0.39 is 5.91 Å². The first-order valence-corrected chi connectivity index (χ1v) is 10.0. The van der Waals surface area contributed by atoms with Crippen LogP contribution < -0.4 is 16.4 Å². The van der Waals surface area contributed by atoms with E-state index in [1.165, 1.54) is 11.3 Å². The van der Waals surface area contributed by atoms with Gasteiger partial charge in [0.25, 0.3) is 0 Å². The highest BCUT2D eigenvalue weighted by molar-refractivity contribution is 7.22. The van der Waals surface area contributed by atoms with Crippen LogP contribution in [0.4, 0.5) is 9.93 Å². The van der Waals surface area contributed by atoms with Gasteiger partial charge in [0.2, 0.25) is 5.91 Å². The molecule has 4 aromatic rings. The Morgan fingerprint density at radius 2 is 2.00 bits per heavy atom. The molecule has 0 aliphatic carbocycles. The number of primary amides is 1. The van der Waals surface area contributed by atoms with Gasteiger partial charge in [0, 0.05) is 41.8 Å². The van der Waals surface area contributed by atoms with E-state index in [1.54, 1.807) is 30.7 Å². The van der Waals surface area contributed by atoms with Gasteiger partial charge < -0.3 is 11.1 Å². The lowest BCUT2D eigenvalue weighted by Crippen LogP contribution is -2.28. The highest BCUT2D eigenvalue weighted by atomic mass is 32.1. The van der Waals surface area contributed by atoms with Crippen molar-refractivity contribution in [2.45, 2.75) is 6.92 Å². The summed E-state index contributed by atoms with van der Waals surface area (Å²) in [5.41, 5.74) is 9.70. The summed E-state index contributed by atoms with van der Waals surface area (Å²) in [6.07, 6.45) is 5.02. The molecule has 8 nitrogen and oxygen atoms in total. The first-order chi connectivity index (χ1) is 14.5. The molecule has 0 bridgehead atoms. The zero-order valence-corrected chi connectivity index (χ0v) is 16.9. The number of fused-ring (bicyclic) bond motifs is 1. The molecule has 1 aromatic carbocycles. The second kappa shape index (κ2) is 8.26. The summed E-state index contributed by atoms with van der Waals surface area (Å²) < 4.78 is 0.837. The van der Waals surface area contributed by atoms with E-state index in [1.807, 2.05) is 31.2 Å². The Labute approximate surface area is 176 Å². The number of aromatic nitrogens is 3. The summed E-state index contributed by atoms with van der Waals surface area (Å²) in [6.45, 7) is 2.35. The van der Waals surface area contributed by atoms with Crippen LogP contribution in [0, 0.1) is 0 Å². The quantitative estimate of drug-likeness (QED) is 0.456. The Kier molecular flexibility index (Phi) is 5.36. The Morgan fingerprint density at radius 1 is 1.13 bits per heavy atom. The highest BCUT2D eigenvalue weighted by Gasteiger charge is 2.16. The molecule has 9 heteroatoms. The topological polar surface area (TPSA) is 123 Å². The minimum absolute atomic E-state index is 0.320. The second-order valence-corrected chi connectivity index (χ2v) is 7.41. The molecule has 0 atom stereocenters. The number of urea groups is 1. The molecular formula is C21H18N6O2S. The van der Waals surface area contributed by atoms with Gasteiger partial charge in [-0.1, -0.05) is 17.4 Å². The third-order valence-electron chi connectivity index (χ3n) is 4.36. The van der Waals surface area contributed by atoms with Crippen molar-refractivity contribution < 1.29 is 9.59 Å². The van der Waals surface area contributed by atoms with Crippen molar-refractivity contribution in [3.8, 4) is 22.4 Å². The van der Waals surface area contributed by atoms with E-state index in [0.717, 1.165) is 21.4 Å². The fraction of sp³-hybridized carbons (Fsp3) is 0.0952. The van der Waals surface area contributed by atoms with E-state index in [-0.39, 0.29) is 6.03 Å². The van der Waals surface area contributed by atoms with Gasteiger partial charge in [-0.3, -0.25) is 20.1 Å². The maximum Gasteiger partial charge on any atom is 0.321 e. The molecule has 0 fully saturated rings. The normalized spacial score (nSPS) is 10.7. The fourth-order valence-corrected chi connectivity index (χ4v) is 3.97. The molecular weight excluding hydrogens is 400 g/mol. The first kappa shape index (κ1) is 19.5. The molecule has 3 heterocycles. The average Bonchev–Trinajstić information content (AvgIpc) is 3.16. The van der Waals surface area contributed by atoms with Crippen molar-refractivity contribution in [1.29, 1.82) is 0 Å².